The topological polar surface area (TPSA) is 67.9 Å². The summed E-state index contributed by atoms with van der Waals surface area (Å²) in [5.74, 6) is 0.418. The highest BCUT2D eigenvalue weighted by atomic mass is 35.5. The molecule has 1 heterocycles. The predicted molar refractivity (Wildman–Crippen MR) is 145 cm³/mol. The lowest BCUT2D eigenvalue weighted by Gasteiger charge is -2.32. The van der Waals surface area contributed by atoms with Crippen LogP contribution in [0.2, 0.25) is 5.02 Å². The molecular weight excluding hydrogens is 488 g/mol. The average molecular weight is 521 g/mol. The fourth-order valence-electron chi connectivity index (χ4n) is 4.50. The van der Waals surface area contributed by atoms with Crippen molar-refractivity contribution in [3.63, 3.8) is 0 Å². The third kappa shape index (κ3) is 7.81. The summed E-state index contributed by atoms with van der Waals surface area (Å²) in [5.41, 5.74) is 2.74. The number of carbonyl (C=O) groups excluding carboxylic acids is 2. The van der Waals surface area contributed by atoms with Gasteiger partial charge in [-0.2, -0.15) is 0 Å². The Morgan fingerprint density at radius 2 is 1.70 bits per heavy atom. The molecule has 2 atom stereocenters. The number of hydrogen-bond acceptors (Lipinski definition) is 4. The van der Waals surface area contributed by atoms with E-state index in [1.807, 2.05) is 66.7 Å². The second kappa shape index (κ2) is 13.3. The Bertz CT molecular complexity index is 1150. The van der Waals surface area contributed by atoms with Crippen molar-refractivity contribution in [2.24, 2.45) is 0 Å². The van der Waals surface area contributed by atoms with Crippen LogP contribution in [0.4, 0.5) is 0 Å². The normalized spacial score (nSPS) is 15.7. The molecule has 0 bridgehead atoms. The van der Waals surface area contributed by atoms with Crippen LogP contribution in [0.25, 0.3) is 0 Å². The lowest BCUT2D eigenvalue weighted by atomic mass is 10.0. The zero-order valence-electron chi connectivity index (χ0n) is 21.1. The van der Waals surface area contributed by atoms with E-state index in [1.165, 1.54) is 0 Å². The molecule has 0 aliphatic carbocycles. The van der Waals surface area contributed by atoms with Gasteiger partial charge < -0.3 is 19.7 Å². The van der Waals surface area contributed by atoms with E-state index >= 15 is 0 Å². The molecule has 194 valence electrons. The van der Waals surface area contributed by atoms with Crippen molar-refractivity contribution in [3.05, 3.63) is 101 Å². The number of hydrogen-bond donors (Lipinski definition) is 1. The van der Waals surface area contributed by atoms with Gasteiger partial charge in [0, 0.05) is 31.1 Å². The Morgan fingerprint density at radius 3 is 2.35 bits per heavy atom. The van der Waals surface area contributed by atoms with Gasteiger partial charge in [-0.05, 0) is 53.8 Å². The monoisotopic (exact) mass is 520 g/mol. The van der Waals surface area contributed by atoms with Gasteiger partial charge in [0.15, 0.2) is 0 Å². The van der Waals surface area contributed by atoms with E-state index < -0.39 is 6.04 Å². The predicted octanol–water partition coefficient (Wildman–Crippen LogP) is 4.83. The van der Waals surface area contributed by atoms with Crippen molar-refractivity contribution in [2.75, 3.05) is 20.3 Å². The summed E-state index contributed by atoms with van der Waals surface area (Å²) < 4.78 is 11.0. The van der Waals surface area contributed by atoms with Crippen LogP contribution in [0.1, 0.15) is 29.5 Å². The summed E-state index contributed by atoms with van der Waals surface area (Å²) >= 11 is 6.04. The SMILES string of the molecule is COc1ccc(CN(C(=O)Cc2ccc(Cl)cc2)[C@H](Cc2ccccc2)C(=O)NC[C@@H]2CCCO2)cc1. The Balaban J connectivity index is 1.61. The van der Waals surface area contributed by atoms with Gasteiger partial charge in [0.2, 0.25) is 11.8 Å². The quantitative estimate of drug-likeness (QED) is 0.393. The zero-order valence-corrected chi connectivity index (χ0v) is 21.8. The summed E-state index contributed by atoms with van der Waals surface area (Å²) in [6.45, 7) is 1.45. The van der Waals surface area contributed by atoms with Crippen LogP contribution in [0.5, 0.6) is 5.75 Å². The Kier molecular flexibility index (Phi) is 9.58. The molecule has 6 nitrogen and oxygen atoms in total. The lowest BCUT2D eigenvalue weighted by Crippen LogP contribution is -2.52. The summed E-state index contributed by atoms with van der Waals surface area (Å²) in [6.07, 6.45) is 2.51. The first-order chi connectivity index (χ1) is 18.0. The number of ether oxygens (including phenoxy) is 2. The van der Waals surface area contributed by atoms with Gasteiger partial charge in [-0.15, -0.1) is 0 Å². The molecule has 37 heavy (non-hydrogen) atoms. The van der Waals surface area contributed by atoms with Crippen molar-refractivity contribution >= 4 is 23.4 Å². The Morgan fingerprint density at radius 1 is 1.00 bits per heavy atom. The molecule has 0 saturated carbocycles. The van der Waals surface area contributed by atoms with Gasteiger partial charge in [-0.25, -0.2) is 0 Å². The van der Waals surface area contributed by atoms with Crippen molar-refractivity contribution in [1.82, 2.24) is 10.2 Å². The molecule has 3 aromatic rings. The van der Waals surface area contributed by atoms with Crippen LogP contribution in [-0.4, -0.2) is 49.1 Å². The van der Waals surface area contributed by atoms with Gasteiger partial charge in [0.1, 0.15) is 11.8 Å². The number of nitrogens with one attached hydrogen (secondary N) is 1. The van der Waals surface area contributed by atoms with Gasteiger partial charge in [0.05, 0.1) is 19.6 Å². The van der Waals surface area contributed by atoms with Crippen molar-refractivity contribution in [2.45, 2.75) is 44.4 Å². The molecule has 1 saturated heterocycles. The molecule has 1 aliphatic rings. The minimum Gasteiger partial charge on any atom is -0.497 e. The number of halogens is 1. The first kappa shape index (κ1) is 26.7. The molecule has 4 rings (SSSR count). The van der Waals surface area contributed by atoms with Crippen molar-refractivity contribution in [1.29, 1.82) is 0 Å². The minimum atomic E-state index is -0.689. The van der Waals surface area contributed by atoms with Crippen LogP contribution in [0.3, 0.4) is 0 Å². The van der Waals surface area contributed by atoms with E-state index in [0.29, 0.717) is 24.5 Å². The summed E-state index contributed by atoms with van der Waals surface area (Å²) in [4.78, 5) is 29.1. The van der Waals surface area contributed by atoms with Crippen LogP contribution < -0.4 is 10.1 Å². The number of methoxy groups -OCH3 is 1. The van der Waals surface area contributed by atoms with Crippen LogP contribution in [-0.2, 0) is 33.7 Å². The van der Waals surface area contributed by atoms with E-state index in [1.54, 1.807) is 24.1 Å². The molecule has 1 aliphatic heterocycles. The van der Waals surface area contributed by atoms with Crippen LogP contribution in [0.15, 0.2) is 78.9 Å². The molecule has 3 aromatic carbocycles. The molecule has 0 unspecified atom stereocenters. The van der Waals surface area contributed by atoms with E-state index in [0.717, 1.165) is 41.9 Å². The van der Waals surface area contributed by atoms with Gasteiger partial charge in [0.25, 0.3) is 0 Å². The maximum atomic E-state index is 13.8. The summed E-state index contributed by atoms with van der Waals surface area (Å²) in [7, 11) is 1.62. The number of rotatable bonds is 11. The highest BCUT2D eigenvalue weighted by Crippen LogP contribution is 2.20. The fourth-order valence-corrected chi connectivity index (χ4v) is 4.62. The van der Waals surface area contributed by atoms with Gasteiger partial charge >= 0.3 is 0 Å². The molecule has 2 amide bonds. The summed E-state index contributed by atoms with van der Waals surface area (Å²) in [5, 5.41) is 3.67. The van der Waals surface area contributed by atoms with Gasteiger partial charge in [-0.3, -0.25) is 9.59 Å². The molecule has 7 heteroatoms. The summed E-state index contributed by atoms with van der Waals surface area (Å²) in [6, 6.07) is 23.9. The fraction of sp³-hybridized carbons (Fsp3) is 0.333. The largest absolute Gasteiger partial charge is 0.497 e. The second-order valence-electron chi connectivity index (χ2n) is 9.26. The third-order valence-corrected chi connectivity index (χ3v) is 6.83. The Labute approximate surface area is 223 Å². The van der Waals surface area contributed by atoms with E-state index in [4.69, 9.17) is 21.1 Å². The maximum absolute atomic E-state index is 13.8. The number of carbonyl (C=O) groups is 2. The standard InChI is InChI=1S/C30H33ClN2O4/c1-36-26-15-11-24(12-16-26)21-33(29(34)19-23-9-13-25(31)14-10-23)28(18-22-6-3-2-4-7-22)30(35)32-20-27-8-5-17-37-27/h2-4,6-7,9-16,27-28H,5,8,17-21H2,1H3,(H,32,35)/t27-,28+/m0/s1. The molecule has 1 N–H and O–H groups in total. The number of benzene rings is 3. The minimum absolute atomic E-state index is 0.0149. The van der Waals surface area contributed by atoms with Crippen LogP contribution >= 0.6 is 11.6 Å². The highest BCUT2D eigenvalue weighted by molar-refractivity contribution is 6.30. The first-order valence-corrected chi connectivity index (χ1v) is 13.0. The maximum Gasteiger partial charge on any atom is 0.243 e. The van der Waals surface area contributed by atoms with Crippen molar-refractivity contribution in [3.8, 4) is 5.75 Å². The first-order valence-electron chi connectivity index (χ1n) is 12.6. The number of amides is 2. The molecule has 0 spiro atoms. The lowest BCUT2D eigenvalue weighted by molar-refractivity contribution is -0.141. The van der Waals surface area contributed by atoms with E-state index in [-0.39, 0.29) is 24.3 Å². The zero-order chi connectivity index (χ0) is 26.0. The van der Waals surface area contributed by atoms with E-state index in [9.17, 15) is 9.59 Å². The highest BCUT2D eigenvalue weighted by Gasteiger charge is 2.31. The molecule has 0 radical (unpaired) electrons. The molecule has 1 fully saturated rings. The van der Waals surface area contributed by atoms with Gasteiger partial charge in [-0.1, -0.05) is 66.2 Å². The van der Waals surface area contributed by atoms with E-state index in [2.05, 4.69) is 5.32 Å². The Hall–Kier alpha value is -3.35. The molecule has 0 aromatic heterocycles. The number of nitrogens with zero attached hydrogens (tertiary/aromatic N) is 1. The van der Waals surface area contributed by atoms with Crippen LogP contribution in [0, 0.1) is 0 Å². The molecular formula is C30H33ClN2O4. The smallest absolute Gasteiger partial charge is 0.243 e. The average Bonchev–Trinajstić information content (AvgIpc) is 3.45. The second-order valence-corrected chi connectivity index (χ2v) is 9.70. The van der Waals surface area contributed by atoms with Crippen molar-refractivity contribution < 1.29 is 19.1 Å². The third-order valence-electron chi connectivity index (χ3n) is 6.58.